The molecular formula is C20H33N5O2. The number of hydrogen-bond acceptors (Lipinski definition) is 5. The maximum atomic E-state index is 5.81. The van der Waals surface area contributed by atoms with Crippen LogP contribution >= 0.6 is 0 Å². The van der Waals surface area contributed by atoms with Crippen LogP contribution in [0.5, 0.6) is 0 Å². The molecule has 0 spiro atoms. The molecule has 0 radical (unpaired) electrons. The smallest absolute Gasteiger partial charge is 0.191 e. The van der Waals surface area contributed by atoms with Gasteiger partial charge in [-0.2, -0.15) is 0 Å². The van der Waals surface area contributed by atoms with E-state index < -0.39 is 0 Å². The summed E-state index contributed by atoms with van der Waals surface area (Å²) in [5.74, 6) is 0.813. The molecule has 1 unspecified atom stereocenters. The second-order valence-electron chi connectivity index (χ2n) is 7.22. The molecule has 7 heteroatoms. The maximum absolute atomic E-state index is 5.81. The van der Waals surface area contributed by atoms with Gasteiger partial charge in [0.15, 0.2) is 5.96 Å². The maximum Gasteiger partial charge on any atom is 0.191 e. The molecule has 0 aromatic heterocycles. The van der Waals surface area contributed by atoms with E-state index in [9.17, 15) is 0 Å². The number of morpholine rings is 2. The Hall–Kier alpha value is -1.67. The topological polar surface area (TPSA) is 61.4 Å². The minimum absolute atomic E-state index is 0.205. The molecule has 1 aromatic rings. The molecular weight excluding hydrogens is 342 g/mol. The lowest BCUT2D eigenvalue weighted by atomic mass is 10.1. The molecule has 2 heterocycles. The number of guanidine groups is 1. The third-order valence-electron chi connectivity index (χ3n) is 5.12. The molecule has 0 bridgehead atoms. The lowest BCUT2D eigenvalue weighted by Crippen LogP contribution is -2.48. The van der Waals surface area contributed by atoms with E-state index in [1.807, 2.05) is 7.05 Å². The predicted octanol–water partition coefficient (Wildman–Crippen LogP) is 0.514. The highest BCUT2D eigenvalue weighted by molar-refractivity contribution is 5.79. The number of likely N-dealkylation sites (N-methyl/N-ethyl adjacent to an activating group) is 1. The monoisotopic (exact) mass is 375 g/mol. The fourth-order valence-electron chi connectivity index (χ4n) is 3.48. The molecule has 1 atom stereocenters. The molecule has 0 aliphatic carbocycles. The molecule has 27 heavy (non-hydrogen) atoms. The summed E-state index contributed by atoms with van der Waals surface area (Å²) in [6, 6.07) is 8.62. The number of aliphatic imine (C=N–C) groups is 1. The predicted molar refractivity (Wildman–Crippen MR) is 108 cm³/mol. The van der Waals surface area contributed by atoms with Crippen molar-refractivity contribution in [1.29, 1.82) is 0 Å². The van der Waals surface area contributed by atoms with E-state index >= 15 is 0 Å². The second-order valence-corrected chi connectivity index (χ2v) is 7.22. The van der Waals surface area contributed by atoms with Gasteiger partial charge in [0.25, 0.3) is 0 Å². The van der Waals surface area contributed by atoms with Crippen LogP contribution in [0.1, 0.15) is 11.1 Å². The number of ether oxygens (including phenoxy) is 2. The molecule has 2 aliphatic rings. The molecule has 7 nitrogen and oxygen atoms in total. The Kier molecular flexibility index (Phi) is 7.89. The molecule has 1 aromatic carbocycles. The normalized spacial score (nSPS) is 22.6. The van der Waals surface area contributed by atoms with Gasteiger partial charge in [0, 0.05) is 52.9 Å². The Bertz CT molecular complexity index is 604. The van der Waals surface area contributed by atoms with Crippen LogP contribution in [0.4, 0.5) is 0 Å². The van der Waals surface area contributed by atoms with E-state index in [1.165, 1.54) is 11.1 Å². The number of rotatable bonds is 6. The van der Waals surface area contributed by atoms with Gasteiger partial charge in [0.2, 0.25) is 0 Å². The van der Waals surface area contributed by atoms with Gasteiger partial charge in [-0.25, -0.2) is 0 Å². The Morgan fingerprint density at radius 2 is 1.89 bits per heavy atom. The first kappa shape index (κ1) is 20.1. The highest BCUT2D eigenvalue weighted by Crippen LogP contribution is 2.13. The summed E-state index contributed by atoms with van der Waals surface area (Å²) in [5.41, 5.74) is 2.67. The van der Waals surface area contributed by atoms with Crippen molar-refractivity contribution in [3.8, 4) is 0 Å². The third kappa shape index (κ3) is 6.46. The number of nitrogens with one attached hydrogen (secondary N) is 2. The van der Waals surface area contributed by atoms with Crippen molar-refractivity contribution in [2.75, 3.05) is 66.6 Å². The second kappa shape index (κ2) is 10.6. The summed E-state index contributed by atoms with van der Waals surface area (Å²) in [4.78, 5) is 9.10. The van der Waals surface area contributed by atoms with Crippen LogP contribution in [0.15, 0.2) is 29.3 Å². The first-order valence-electron chi connectivity index (χ1n) is 9.86. The summed E-state index contributed by atoms with van der Waals surface area (Å²) in [6.07, 6.45) is 0.205. The van der Waals surface area contributed by atoms with E-state index in [1.54, 1.807) is 0 Å². The molecule has 0 amide bonds. The number of nitrogens with zero attached hydrogens (tertiary/aromatic N) is 3. The van der Waals surface area contributed by atoms with Crippen molar-refractivity contribution in [3.05, 3.63) is 35.4 Å². The van der Waals surface area contributed by atoms with Crippen molar-refractivity contribution in [3.63, 3.8) is 0 Å². The standard InChI is InChI=1S/C20H33N5O2/c1-21-20(23-14-19-16-24(2)7-12-27-19)22-13-17-5-3-4-6-18(17)15-25-8-10-26-11-9-25/h3-6,19H,7-16H2,1-2H3,(H2,21,22,23). The van der Waals surface area contributed by atoms with Crippen LogP contribution in [-0.2, 0) is 22.6 Å². The molecule has 150 valence electrons. The Balaban J connectivity index is 1.49. The molecule has 2 saturated heterocycles. The Morgan fingerprint density at radius 3 is 2.63 bits per heavy atom. The van der Waals surface area contributed by atoms with Gasteiger partial charge in [0.1, 0.15) is 0 Å². The van der Waals surface area contributed by atoms with E-state index in [0.717, 1.165) is 71.6 Å². The lowest BCUT2D eigenvalue weighted by Gasteiger charge is -2.30. The summed E-state index contributed by atoms with van der Waals surface area (Å²) < 4.78 is 11.3. The largest absolute Gasteiger partial charge is 0.379 e. The van der Waals surface area contributed by atoms with Crippen molar-refractivity contribution in [1.82, 2.24) is 20.4 Å². The average molecular weight is 376 g/mol. The highest BCUT2D eigenvalue weighted by atomic mass is 16.5. The SMILES string of the molecule is CN=C(NCc1ccccc1CN1CCOCC1)NCC1CN(C)CCO1. The molecule has 0 saturated carbocycles. The summed E-state index contributed by atoms with van der Waals surface area (Å²) in [7, 11) is 3.94. The number of hydrogen-bond donors (Lipinski definition) is 2. The number of benzene rings is 1. The quantitative estimate of drug-likeness (QED) is 0.558. The first-order valence-corrected chi connectivity index (χ1v) is 9.86. The lowest BCUT2D eigenvalue weighted by molar-refractivity contribution is -0.0161. The van der Waals surface area contributed by atoms with E-state index in [0.29, 0.717) is 0 Å². The van der Waals surface area contributed by atoms with Crippen molar-refractivity contribution in [2.24, 2.45) is 4.99 Å². The Labute approximate surface area is 162 Å². The van der Waals surface area contributed by atoms with Gasteiger partial charge in [-0.1, -0.05) is 24.3 Å². The van der Waals surface area contributed by atoms with Crippen molar-refractivity contribution in [2.45, 2.75) is 19.2 Å². The van der Waals surface area contributed by atoms with Crippen LogP contribution in [0.3, 0.4) is 0 Å². The summed E-state index contributed by atoms with van der Waals surface area (Å²) in [6.45, 7) is 8.90. The van der Waals surface area contributed by atoms with Gasteiger partial charge in [0.05, 0.1) is 25.9 Å². The van der Waals surface area contributed by atoms with Crippen molar-refractivity contribution < 1.29 is 9.47 Å². The van der Waals surface area contributed by atoms with Gasteiger partial charge < -0.3 is 25.0 Å². The van der Waals surface area contributed by atoms with E-state index in [2.05, 4.69) is 56.7 Å². The molecule has 2 aliphatic heterocycles. The molecule has 3 rings (SSSR count). The van der Waals surface area contributed by atoms with Crippen molar-refractivity contribution >= 4 is 5.96 Å². The minimum atomic E-state index is 0.205. The first-order chi connectivity index (χ1) is 13.2. The zero-order valence-electron chi connectivity index (χ0n) is 16.6. The highest BCUT2D eigenvalue weighted by Gasteiger charge is 2.18. The summed E-state index contributed by atoms with van der Waals surface area (Å²) in [5, 5.41) is 6.83. The van der Waals surface area contributed by atoms with Crippen LogP contribution in [0, 0.1) is 0 Å². The van der Waals surface area contributed by atoms with Crippen LogP contribution < -0.4 is 10.6 Å². The van der Waals surface area contributed by atoms with Crippen LogP contribution in [0.25, 0.3) is 0 Å². The van der Waals surface area contributed by atoms with Gasteiger partial charge in [-0.3, -0.25) is 9.89 Å². The van der Waals surface area contributed by atoms with E-state index in [-0.39, 0.29) is 6.10 Å². The van der Waals surface area contributed by atoms with Crippen LogP contribution in [-0.4, -0.2) is 88.5 Å². The zero-order valence-corrected chi connectivity index (χ0v) is 16.6. The Morgan fingerprint density at radius 1 is 1.11 bits per heavy atom. The van der Waals surface area contributed by atoms with Gasteiger partial charge in [-0.05, 0) is 18.2 Å². The van der Waals surface area contributed by atoms with Gasteiger partial charge >= 0.3 is 0 Å². The molecule has 2 N–H and O–H groups in total. The minimum Gasteiger partial charge on any atom is -0.379 e. The molecule has 2 fully saturated rings. The fourth-order valence-corrected chi connectivity index (χ4v) is 3.48. The summed E-state index contributed by atoms with van der Waals surface area (Å²) >= 11 is 0. The van der Waals surface area contributed by atoms with Gasteiger partial charge in [-0.15, -0.1) is 0 Å². The van der Waals surface area contributed by atoms with Crippen LogP contribution in [0.2, 0.25) is 0 Å². The average Bonchev–Trinajstić information content (AvgIpc) is 2.70. The zero-order chi connectivity index (χ0) is 18.9. The van der Waals surface area contributed by atoms with E-state index in [4.69, 9.17) is 9.47 Å². The third-order valence-corrected chi connectivity index (χ3v) is 5.12. The fraction of sp³-hybridized carbons (Fsp3) is 0.650.